The molecular weight excluding hydrogens is 318 g/mol. The molecule has 0 fully saturated rings. The summed E-state index contributed by atoms with van der Waals surface area (Å²) in [6, 6.07) is 16.5. The maximum absolute atomic E-state index is 12.2. The Morgan fingerprint density at radius 1 is 1.21 bits per heavy atom. The minimum absolute atomic E-state index is 0.106. The molecule has 1 N–H and O–H groups in total. The first-order valence-corrected chi connectivity index (χ1v) is 9.41. The van der Waals surface area contributed by atoms with E-state index in [0.717, 1.165) is 24.3 Å². The van der Waals surface area contributed by atoms with Crippen LogP contribution in [0.1, 0.15) is 36.4 Å². The molecule has 1 aliphatic heterocycles. The van der Waals surface area contributed by atoms with Gasteiger partial charge in [0.2, 0.25) is 5.91 Å². The Morgan fingerprint density at radius 3 is 2.83 bits per heavy atom. The smallest absolute Gasteiger partial charge is 0.220 e. The van der Waals surface area contributed by atoms with Crippen LogP contribution in [0.25, 0.3) is 0 Å². The third-order valence-corrected chi connectivity index (χ3v) is 5.25. The summed E-state index contributed by atoms with van der Waals surface area (Å²) in [5.74, 6) is 2.02. The number of fused-ring (bicyclic) bond motifs is 1. The lowest BCUT2D eigenvalue weighted by atomic mass is 10.0. The zero-order valence-electron chi connectivity index (χ0n) is 14.0. The molecule has 2 aromatic carbocycles. The number of carbonyl (C=O) groups is 1. The Hall–Kier alpha value is -1.94. The zero-order chi connectivity index (χ0) is 16.8. The molecule has 126 valence electrons. The van der Waals surface area contributed by atoms with E-state index < -0.39 is 0 Å². The minimum Gasteiger partial charge on any atom is -0.494 e. The maximum Gasteiger partial charge on any atom is 0.220 e. The summed E-state index contributed by atoms with van der Waals surface area (Å²) >= 11 is 1.87. The molecule has 4 heteroatoms. The number of thioether (sulfide) groups is 1. The average Bonchev–Trinajstić information content (AvgIpc) is 2.61. The first kappa shape index (κ1) is 16.9. The number of ether oxygens (including phenoxy) is 1. The minimum atomic E-state index is 0.106. The second-order valence-electron chi connectivity index (χ2n) is 6.06. The number of nitrogens with one attached hydrogen (secondary N) is 1. The fourth-order valence-electron chi connectivity index (χ4n) is 2.82. The van der Waals surface area contributed by atoms with Crippen LogP contribution < -0.4 is 10.1 Å². The molecule has 1 heterocycles. The third kappa shape index (κ3) is 4.54. The van der Waals surface area contributed by atoms with Crippen LogP contribution in [0.5, 0.6) is 5.75 Å². The third-order valence-electron chi connectivity index (χ3n) is 4.13. The lowest BCUT2D eigenvalue weighted by Crippen LogP contribution is -2.30. The van der Waals surface area contributed by atoms with Gasteiger partial charge in [0, 0.05) is 17.1 Å². The van der Waals surface area contributed by atoms with Gasteiger partial charge in [0.1, 0.15) is 5.75 Å². The maximum atomic E-state index is 12.2. The molecule has 24 heavy (non-hydrogen) atoms. The fraction of sp³-hybridized carbons (Fsp3) is 0.350. The van der Waals surface area contributed by atoms with Gasteiger partial charge in [-0.15, -0.1) is 11.8 Å². The van der Waals surface area contributed by atoms with E-state index in [0.29, 0.717) is 13.0 Å². The number of hydrogen-bond donors (Lipinski definition) is 1. The second-order valence-corrected chi connectivity index (χ2v) is 7.20. The fourth-order valence-corrected chi connectivity index (χ4v) is 3.94. The van der Waals surface area contributed by atoms with Crippen molar-refractivity contribution in [3.8, 4) is 5.75 Å². The average molecular weight is 341 g/mol. The molecule has 0 saturated carbocycles. The molecule has 0 aliphatic carbocycles. The van der Waals surface area contributed by atoms with Crippen LogP contribution in [0.2, 0.25) is 0 Å². The Morgan fingerprint density at radius 2 is 2.00 bits per heavy atom. The molecule has 1 aliphatic rings. The van der Waals surface area contributed by atoms with Gasteiger partial charge in [-0.2, -0.15) is 0 Å². The quantitative estimate of drug-likeness (QED) is 0.786. The number of amides is 1. The first-order valence-electron chi connectivity index (χ1n) is 8.43. The number of hydrogen-bond acceptors (Lipinski definition) is 3. The molecule has 3 nitrogen and oxygen atoms in total. The van der Waals surface area contributed by atoms with Gasteiger partial charge in [0.15, 0.2) is 0 Å². The van der Waals surface area contributed by atoms with Gasteiger partial charge in [0.25, 0.3) is 0 Å². The SMILES string of the molecule is Cc1ccc(OCCCC(=O)N[C@H]2CCSc3ccccc32)cc1. The Labute approximate surface area is 147 Å². The Kier molecular flexibility index (Phi) is 5.81. The highest BCUT2D eigenvalue weighted by Gasteiger charge is 2.21. The Balaban J connectivity index is 1.42. The lowest BCUT2D eigenvalue weighted by Gasteiger charge is -2.25. The van der Waals surface area contributed by atoms with Crippen molar-refractivity contribution in [3.63, 3.8) is 0 Å². The van der Waals surface area contributed by atoms with Crippen LogP contribution in [-0.2, 0) is 4.79 Å². The molecule has 1 atom stereocenters. The van der Waals surface area contributed by atoms with Gasteiger partial charge in [-0.05, 0) is 43.5 Å². The van der Waals surface area contributed by atoms with E-state index in [-0.39, 0.29) is 11.9 Å². The van der Waals surface area contributed by atoms with Gasteiger partial charge >= 0.3 is 0 Å². The van der Waals surface area contributed by atoms with Crippen molar-refractivity contribution in [3.05, 3.63) is 59.7 Å². The van der Waals surface area contributed by atoms with Crippen LogP contribution in [0.3, 0.4) is 0 Å². The largest absolute Gasteiger partial charge is 0.494 e. The lowest BCUT2D eigenvalue weighted by molar-refractivity contribution is -0.122. The van der Waals surface area contributed by atoms with Crippen LogP contribution in [0.4, 0.5) is 0 Å². The van der Waals surface area contributed by atoms with Gasteiger partial charge in [-0.1, -0.05) is 35.9 Å². The first-order chi connectivity index (χ1) is 11.7. The number of benzene rings is 2. The molecular formula is C20H23NO2S. The van der Waals surface area contributed by atoms with Crippen molar-refractivity contribution in [1.82, 2.24) is 5.32 Å². The summed E-state index contributed by atoms with van der Waals surface area (Å²) in [4.78, 5) is 13.5. The summed E-state index contributed by atoms with van der Waals surface area (Å²) in [6.45, 7) is 2.61. The topological polar surface area (TPSA) is 38.3 Å². The van der Waals surface area contributed by atoms with E-state index in [2.05, 4.69) is 30.4 Å². The van der Waals surface area contributed by atoms with Crippen molar-refractivity contribution < 1.29 is 9.53 Å². The van der Waals surface area contributed by atoms with Crippen molar-refractivity contribution in [1.29, 1.82) is 0 Å². The summed E-state index contributed by atoms with van der Waals surface area (Å²) in [5.41, 5.74) is 2.46. The number of aryl methyl sites for hydroxylation is 1. The van der Waals surface area contributed by atoms with Crippen LogP contribution >= 0.6 is 11.8 Å². The predicted octanol–water partition coefficient (Wildman–Crippen LogP) is 4.51. The van der Waals surface area contributed by atoms with E-state index >= 15 is 0 Å². The van der Waals surface area contributed by atoms with Crippen LogP contribution in [0.15, 0.2) is 53.4 Å². The molecule has 3 rings (SSSR count). The zero-order valence-corrected chi connectivity index (χ0v) is 14.8. The summed E-state index contributed by atoms with van der Waals surface area (Å²) in [5, 5.41) is 3.17. The highest BCUT2D eigenvalue weighted by atomic mass is 32.2. The standard InChI is InChI=1S/C20H23NO2S/c1-15-8-10-16(11-9-15)23-13-4-7-20(22)21-18-12-14-24-19-6-3-2-5-17(18)19/h2-3,5-6,8-11,18H,4,7,12-14H2,1H3,(H,21,22)/t18-/m0/s1. The highest BCUT2D eigenvalue weighted by molar-refractivity contribution is 7.99. The summed E-state index contributed by atoms with van der Waals surface area (Å²) in [7, 11) is 0. The van der Waals surface area contributed by atoms with Crippen molar-refractivity contribution in [2.75, 3.05) is 12.4 Å². The molecule has 0 bridgehead atoms. The highest BCUT2D eigenvalue weighted by Crippen LogP contribution is 2.35. The predicted molar refractivity (Wildman–Crippen MR) is 98.6 cm³/mol. The van der Waals surface area contributed by atoms with Gasteiger partial charge in [-0.3, -0.25) is 4.79 Å². The Bertz CT molecular complexity index is 684. The van der Waals surface area contributed by atoms with Gasteiger partial charge in [0.05, 0.1) is 12.6 Å². The molecule has 1 amide bonds. The van der Waals surface area contributed by atoms with Crippen LogP contribution in [0, 0.1) is 6.92 Å². The number of rotatable bonds is 6. The molecule has 0 aromatic heterocycles. The molecule has 0 spiro atoms. The van der Waals surface area contributed by atoms with E-state index in [1.165, 1.54) is 16.0 Å². The molecule has 0 radical (unpaired) electrons. The van der Waals surface area contributed by atoms with Crippen LogP contribution in [-0.4, -0.2) is 18.3 Å². The second kappa shape index (κ2) is 8.25. The van der Waals surface area contributed by atoms with E-state index in [1.54, 1.807) is 0 Å². The number of carbonyl (C=O) groups excluding carboxylic acids is 1. The van der Waals surface area contributed by atoms with E-state index in [9.17, 15) is 4.79 Å². The van der Waals surface area contributed by atoms with E-state index in [4.69, 9.17) is 4.74 Å². The molecule has 2 aromatic rings. The van der Waals surface area contributed by atoms with Gasteiger partial charge < -0.3 is 10.1 Å². The van der Waals surface area contributed by atoms with Crippen molar-refractivity contribution in [2.45, 2.75) is 37.1 Å². The summed E-state index contributed by atoms with van der Waals surface area (Å²) in [6.07, 6.45) is 2.22. The molecule has 0 unspecified atom stereocenters. The monoisotopic (exact) mass is 341 g/mol. The molecule has 0 saturated heterocycles. The van der Waals surface area contributed by atoms with E-state index in [1.807, 2.05) is 42.1 Å². The van der Waals surface area contributed by atoms with Crippen molar-refractivity contribution >= 4 is 17.7 Å². The normalized spacial score (nSPS) is 16.3. The van der Waals surface area contributed by atoms with Gasteiger partial charge in [-0.25, -0.2) is 0 Å². The van der Waals surface area contributed by atoms with Crippen molar-refractivity contribution in [2.24, 2.45) is 0 Å². The summed E-state index contributed by atoms with van der Waals surface area (Å²) < 4.78 is 5.67.